The highest BCUT2D eigenvalue weighted by Crippen LogP contribution is 2.21. The van der Waals surface area contributed by atoms with Gasteiger partial charge in [0.1, 0.15) is 5.82 Å². The van der Waals surface area contributed by atoms with Crippen LogP contribution in [0.3, 0.4) is 0 Å². The molecule has 7 heteroatoms. The number of para-hydroxylation sites is 2. The number of nitrogens with one attached hydrogen (secondary N) is 3. The average molecular weight is 398 g/mol. The summed E-state index contributed by atoms with van der Waals surface area (Å²) in [5, 5.41) is 8.79. The number of anilines is 3. The standard InChI is InChI=1S/C21H17ClFN3O2/c22-17-6-2-4-8-19(17)26-20(27)13-24-18-7-3-1-5-16(18)21(28)25-15-11-9-14(23)10-12-15/h1-12,24H,13H2,(H,25,28)(H,26,27). The van der Waals surface area contributed by atoms with Crippen molar-refractivity contribution in [2.24, 2.45) is 0 Å². The smallest absolute Gasteiger partial charge is 0.257 e. The maximum atomic E-state index is 13.0. The molecule has 0 fully saturated rings. The number of hydrogen-bond donors (Lipinski definition) is 3. The summed E-state index contributed by atoms with van der Waals surface area (Å²) in [6.07, 6.45) is 0. The summed E-state index contributed by atoms with van der Waals surface area (Å²) in [6, 6.07) is 19.2. The van der Waals surface area contributed by atoms with Gasteiger partial charge in [-0.3, -0.25) is 9.59 Å². The van der Waals surface area contributed by atoms with E-state index in [1.165, 1.54) is 24.3 Å². The molecule has 0 bridgehead atoms. The van der Waals surface area contributed by atoms with Crippen LogP contribution in [0.2, 0.25) is 5.02 Å². The van der Waals surface area contributed by atoms with Gasteiger partial charge in [0.2, 0.25) is 5.91 Å². The summed E-state index contributed by atoms with van der Waals surface area (Å²) in [5.41, 5.74) is 1.84. The van der Waals surface area contributed by atoms with Crippen molar-refractivity contribution in [2.75, 3.05) is 22.5 Å². The van der Waals surface area contributed by atoms with E-state index in [1.54, 1.807) is 48.5 Å². The van der Waals surface area contributed by atoms with Crippen LogP contribution in [0.15, 0.2) is 72.8 Å². The number of hydrogen-bond acceptors (Lipinski definition) is 3. The van der Waals surface area contributed by atoms with Crippen LogP contribution in [0.1, 0.15) is 10.4 Å². The number of halogens is 2. The molecule has 3 aromatic carbocycles. The molecule has 0 saturated heterocycles. The van der Waals surface area contributed by atoms with E-state index in [4.69, 9.17) is 11.6 Å². The van der Waals surface area contributed by atoms with Gasteiger partial charge in [0, 0.05) is 11.4 Å². The van der Waals surface area contributed by atoms with Crippen LogP contribution in [0.5, 0.6) is 0 Å². The zero-order valence-corrected chi connectivity index (χ0v) is 15.5. The molecule has 3 aromatic rings. The van der Waals surface area contributed by atoms with Gasteiger partial charge >= 0.3 is 0 Å². The number of rotatable bonds is 6. The molecule has 0 aromatic heterocycles. The van der Waals surface area contributed by atoms with E-state index in [0.29, 0.717) is 27.6 Å². The molecule has 28 heavy (non-hydrogen) atoms. The highest BCUT2D eigenvalue weighted by atomic mass is 35.5. The third-order valence-corrected chi connectivity index (χ3v) is 4.19. The predicted octanol–water partition coefficient (Wildman–Crippen LogP) is 4.78. The Labute approximate surface area is 166 Å². The second-order valence-corrected chi connectivity index (χ2v) is 6.30. The first-order chi connectivity index (χ1) is 13.5. The fraction of sp³-hybridized carbons (Fsp3) is 0.0476. The largest absolute Gasteiger partial charge is 0.376 e. The Balaban J connectivity index is 1.65. The summed E-state index contributed by atoms with van der Waals surface area (Å²) >= 11 is 6.03. The van der Waals surface area contributed by atoms with Crippen molar-refractivity contribution in [1.29, 1.82) is 0 Å². The zero-order valence-electron chi connectivity index (χ0n) is 14.7. The van der Waals surface area contributed by atoms with Gasteiger partial charge in [-0.2, -0.15) is 0 Å². The quantitative estimate of drug-likeness (QED) is 0.560. The fourth-order valence-electron chi connectivity index (χ4n) is 2.50. The molecule has 0 radical (unpaired) electrons. The minimum absolute atomic E-state index is 0.0495. The Bertz CT molecular complexity index is 993. The molecule has 0 aliphatic rings. The first-order valence-electron chi connectivity index (χ1n) is 8.47. The Kier molecular flexibility index (Phi) is 6.24. The molecule has 0 unspecified atom stereocenters. The Morgan fingerprint density at radius 1 is 0.821 bits per heavy atom. The van der Waals surface area contributed by atoms with E-state index in [9.17, 15) is 14.0 Å². The minimum Gasteiger partial charge on any atom is -0.376 e. The lowest BCUT2D eigenvalue weighted by atomic mass is 10.1. The molecule has 3 N–H and O–H groups in total. The van der Waals surface area contributed by atoms with E-state index >= 15 is 0 Å². The van der Waals surface area contributed by atoms with Gasteiger partial charge in [-0.1, -0.05) is 35.9 Å². The highest BCUT2D eigenvalue weighted by Gasteiger charge is 2.12. The molecule has 0 aliphatic heterocycles. The Hall–Kier alpha value is -3.38. The van der Waals surface area contributed by atoms with Crippen LogP contribution in [-0.2, 0) is 4.79 Å². The average Bonchev–Trinajstić information content (AvgIpc) is 2.70. The van der Waals surface area contributed by atoms with Crippen LogP contribution < -0.4 is 16.0 Å². The van der Waals surface area contributed by atoms with Gasteiger partial charge in [0.25, 0.3) is 5.91 Å². The van der Waals surface area contributed by atoms with E-state index in [1.807, 2.05) is 0 Å². The molecular weight excluding hydrogens is 381 g/mol. The maximum Gasteiger partial charge on any atom is 0.257 e. The van der Waals surface area contributed by atoms with Crippen LogP contribution >= 0.6 is 11.6 Å². The molecule has 0 aliphatic carbocycles. The summed E-state index contributed by atoms with van der Waals surface area (Å²) in [7, 11) is 0. The van der Waals surface area contributed by atoms with Gasteiger partial charge in [-0.15, -0.1) is 0 Å². The van der Waals surface area contributed by atoms with Crippen molar-refractivity contribution in [2.45, 2.75) is 0 Å². The summed E-state index contributed by atoms with van der Waals surface area (Å²) in [6.45, 7) is -0.0495. The van der Waals surface area contributed by atoms with E-state index in [-0.39, 0.29) is 24.2 Å². The van der Waals surface area contributed by atoms with Gasteiger partial charge in [-0.25, -0.2) is 4.39 Å². The normalized spacial score (nSPS) is 10.2. The van der Waals surface area contributed by atoms with Crippen LogP contribution in [0, 0.1) is 5.82 Å². The minimum atomic E-state index is -0.385. The predicted molar refractivity (Wildman–Crippen MR) is 109 cm³/mol. The van der Waals surface area contributed by atoms with Crippen molar-refractivity contribution in [1.82, 2.24) is 0 Å². The van der Waals surface area contributed by atoms with Gasteiger partial charge < -0.3 is 16.0 Å². The van der Waals surface area contributed by atoms with Crippen molar-refractivity contribution < 1.29 is 14.0 Å². The number of benzene rings is 3. The third kappa shape index (κ3) is 5.08. The van der Waals surface area contributed by atoms with E-state index < -0.39 is 0 Å². The Morgan fingerprint density at radius 2 is 1.46 bits per heavy atom. The summed E-state index contributed by atoms with van der Waals surface area (Å²) in [4.78, 5) is 24.7. The molecule has 0 spiro atoms. The molecular formula is C21H17ClFN3O2. The fourth-order valence-corrected chi connectivity index (χ4v) is 2.68. The van der Waals surface area contributed by atoms with Crippen molar-refractivity contribution >= 4 is 40.5 Å². The third-order valence-electron chi connectivity index (χ3n) is 3.86. The zero-order chi connectivity index (χ0) is 19.9. The second kappa shape index (κ2) is 9.01. The SMILES string of the molecule is O=C(CNc1ccccc1C(=O)Nc1ccc(F)cc1)Nc1ccccc1Cl. The first-order valence-corrected chi connectivity index (χ1v) is 8.85. The van der Waals surface area contributed by atoms with Gasteiger partial charge in [0.05, 0.1) is 22.8 Å². The molecule has 0 heterocycles. The second-order valence-electron chi connectivity index (χ2n) is 5.89. The number of carbonyl (C=O) groups excluding carboxylic acids is 2. The molecule has 142 valence electrons. The lowest BCUT2D eigenvalue weighted by Gasteiger charge is -2.13. The molecule has 2 amide bonds. The molecule has 0 saturated carbocycles. The maximum absolute atomic E-state index is 13.0. The van der Waals surface area contributed by atoms with Crippen LogP contribution in [0.4, 0.5) is 21.5 Å². The summed E-state index contributed by atoms with van der Waals surface area (Å²) < 4.78 is 13.0. The topological polar surface area (TPSA) is 70.2 Å². The highest BCUT2D eigenvalue weighted by molar-refractivity contribution is 6.33. The van der Waals surface area contributed by atoms with E-state index in [2.05, 4.69) is 16.0 Å². The number of amides is 2. The molecule has 5 nitrogen and oxygen atoms in total. The van der Waals surface area contributed by atoms with Gasteiger partial charge in [0.15, 0.2) is 0 Å². The van der Waals surface area contributed by atoms with E-state index in [0.717, 1.165) is 0 Å². The van der Waals surface area contributed by atoms with Crippen molar-refractivity contribution in [3.8, 4) is 0 Å². The lowest BCUT2D eigenvalue weighted by molar-refractivity contribution is -0.114. The first kappa shape index (κ1) is 19.4. The van der Waals surface area contributed by atoms with Crippen molar-refractivity contribution in [3.63, 3.8) is 0 Å². The van der Waals surface area contributed by atoms with Crippen LogP contribution in [-0.4, -0.2) is 18.4 Å². The van der Waals surface area contributed by atoms with Crippen LogP contribution in [0.25, 0.3) is 0 Å². The number of carbonyl (C=O) groups is 2. The Morgan fingerprint density at radius 3 is 2.18 bits per heavy atom. The lowest BCUT2D eigenvalue weighted by Crippen LogP contribution is -2.23. The van der Waals surface area contributed by atoms with Crippen molar-refractivity contribution in [3.05, 3.63) is 89.2 Å². The molecule has 0 atom stereocenters. The molecule has 3 rings (SSSR count). The summed E-state index contributed by atoms with van der Waals surface area (Å²) in [5.74, 6) is -1.06. The monoisotopic (exact) mass is 397 g/mol. The van der Waals surface area contributed by atoms with Gasteiger partial charge in [-0.05, 0) is 48.5 Å².